The Bertz CT molecular complexity index is 1320. The maximum Gasteiger partial charge on any atom is 0.306 e. The summed E-state index contributed by atoms with van der Waals surface area (Å²) in [6.45, 7) is 6.60. The second-order valence-electron chi connectivity index (χ2n) is 24.1. The average molecular weight is 1110 g/mol. The Morgan fingerprint density at radius 3 is 0.772 bits per heavy atom. The maximum absolute atomic E-state index is 12.9. The number of carbonyl (C=O) groups excluding carboxylic acids is 3. The van der Waals surface area contributed by atoms with Gasteiger partial charge in [0, 0.05) is 19.3 Å². The van der Waals surface area contributed by atoms with Crippen molar-refractivity contribution in [2.45, 2.75) is 399 Å². The number of rotatable bonds is 66. The molecule has 0 heterocycles. The van der Waals surface area contributed by atoms with Crippen molar-refractivity contribution < 1.29 is 28.6 Å². The van der Waals surface area contributed by atoms with Crippen molar-refractivity contribution >= 4 is 17.9 Å². The molecule has 79 heavy (non-hydrogen) atoms. The van der Waals surface area contributed by atoms with Crippen molar-refractivity contribution in [3.05, 3.63) is 36.5 Å². The summed E-state index contributed by atoms with van der Waals surface area (Å²) in [6.07, 6.45) is 84.7. The number of esters is 3. The quantitative estimate of drug-likeness (QED) is 0.0261. The summed E-state index contributed by atoms with van der Waals surface area (Å²) in [4.78, 5) is 38.4. The van der Waals surface area contributed by atoms with E-state index in [1.165, 1.54) is 257 Å². The minimum atomic E-state index is -0.777. The first-order valence-electron chi connectivity index (χ1n) is 35.5. The summed E-state index contributed by atoms with van der Waals surface area (Å²) < 4.78 is 17.0. The van der Waals surface area contributed by atoms with Gasteiger partial charge in [0.05, 0.1) is 0 Å². The number of hydrogen-bond acceptors (Lipinski definition) is 6. The van der Waals surface area contributed by atoms with Gasteiger partial charge in [-0.1, -0.05) is 359 Å². The lowest BCUT2D eigenvalue weighted by molar-refractivity contribution is -0.167. The first-order chi connectivity index (χ1) is 39.0. The Labute approximate surface area is 493 Å². The smallest absolute Gasteiger partial charge is 0.306 e. The molecular formula is C73H136O6. The van der Waals surface area contributed by atoms with Gasteiger partial charge >= 0.3 is 17.9 Å². The second-order valence-corrected chi connectivity index (χ2v) is 24.1. The molecular weight excluding hydrogens is 973 g/mol. The third-order valence-electron chi connectivity index (χ3n) is 16.2. The van der Waals surface area contributed by atoms with Crippen molar-refractivity contribution in [3.63, 3.8) is 0 Å². The fourth-order valence-corrected chi connectivity index (χ4v) is 10.9. The van der Waals surface area contributed by atoms with E-state index in [0.717, 1.165) is 96.3 Å². The molecule has 6 heteroatoms. The summed E-state index contributed by atoms with van der Waals surface area (Å²) in [5.41, 5.74) is 0. The highest BCUT2D eigenvalue weighted by atomic mass is 16.6. The van der Waals surface area contributed by atoms with Gasteiger partial charge in [0.1, 0.15) is 13.2 Å². The highest BCUT2D eigenvalue weighted by Gasteiger charge is 2.19. The Morgan fingerprint density at radius 1 is 0.266 bits per heavy atom. The Morgan fingerprint density at radius 2 is 0.494 bits per heavy atom. The zero-order chi connectivity index (χ0) is 57.1. The lowest BCUT2D eigenvalue weighted by Crippen LogP contribution is -2.30. The molecule has 0 saturated heterocycles. The van der Waals surface area contributed by atoms with Crippen LogP contribution in [0.3, 0.4) is 0 Å². The summed E-state index contributed by atoms with van der Waals surface area (Å²) in [5, 5.41) is 0. The van der Waals surface area contributed by atoms with Crippen LogP contribution in [0.5, 0.6) is 0 Å². The molecule has 0 aromatic carbocycles. The highest BCUT2D eigenvalue weighted by molar-refractivity contribution is 5.71. The van der Waals surface area contributed by atoms with Gasteiger partial charge in [-0.25, -0.2) is 0 Å². The van der Waals surface area contributed by atoms with Crippen LogP contribution in [0.25, 0.3) is 0 Å². The van der Waals surface area contributed by atoms with Crippen molar-refractivity contribution in [3.8, 4) is 0 Å². The molecule has 6 nitrogen and oxygen atoms in total. The van der Waals surface area contributed by atoms with Crippen LogP contribution in [-0.4, -0.2) is 37.2 Å². The van der Waals surface area contributed by atoms with Crippen molar-refractivity contribution in [2.24, 2.45) is 0 Å². The summed E-state index contributed by atoms with van der Waals surface area (Å²) in [5.74, 6) is -0.859. The number of allylic oxidation sites excluding steroid dienone is 6. The minimum absolute atomic E-state index is 0.0719. The fraction of sp³-hybridized carbons (Fsp3) is 0.877. The minimum Gasteiger partial charge on any atom is -0.462 e. The molecule has 0 fully saturated rings. The Hall–Kier alpha value is -2.37. The van der Waals surface area contributed by atoms with E-state index in [0.29, 0.717) is 19.3 Å². The molecule has 0 amide bonds. The highest BCUT2D eigenvalue weighted by Crippen LogP contribution is 2.19. The molecule has 0 N–H and O–H groups in total. The molecule has 1 atom stereocenters. The largest absolute Gasteiger partial charge is 0.462 e. The monoisotopic (exact) mass is 1110 g/mol. The van der Waals surface area contributed by atoms with Crippen LogP contribution in [-0.2, 0) is 28.6 Å². The topological polar surface area (TPSA) is 78.9 Å². The van der Waals surface area contributed by atoms with Gasteiger partial charge in [-0.15, -0.1) is 0 Å². The zero-order valence-corrected chi connectivity index (χ0v) is 53.4. The lowest BCUT2D eigenvalue weighted by atomic mass is 10.0. The predicted molar refractivity (Wildman–Crippen MR) is 344 cm³/mol. The van der Waals surface area contributed by atoms with E-state index < -0.39 is 6.10 Å². The van der Waals surface area contributed by atoms with E-state index >= 15 is 0 Å². The van der Waals surface area contributed by atoms with E-state index in [2.05, 4.69) is 57.2 Å². The average Bonchev–Trinajstić information content (AvgIpc) is 3.45. The molecule has 0 aromatic rings. The van der Waals surface area contributed by atoms with Crippen LogP contribution in [0.4, 0.5) is 0 Å². The molecule has 0 aliphatic rings. The molecule has 0 aliphatic carbocycles. The molecule has 1 unspecified atom stereocenters. The maximum atomic E-state index is 12.9. The zero-order valence-electron chi connectivity index (χ0n) is 53.4. The van der Waals surface area contributed by atoms with Gasteiger partial charge in [-0.2, -0.15) is 0 Å². The van der Waals surface area contributed by atoms with E-state index in [1.54, 1.807) is 0 Å². The van der Waals surface area contributed by atoms with Gasteiger partial charge in [-0.05, 0) is 51.4 Å². The first-order valence-corrected chi connectivity index (χ1v) is 35.5. The predicted octanol–water partition coefficient (Wildman–Crippen LogP) is 24.3. The van der Waals surface area contributed by atoms with E-state index in [9.17, 15) is 14.4 Å². The van der Waals surface area contributed by atoms with Crippen LogP contribution in [0.1, 0.15) is 393 Å². The molecule has 0 spiro atoms. The van der Waals surface area contributed by atoms with Crippen molar-refractivity contribution in [1.29, 1.82) is 0 Å². The van der Waals surface area contributed by atoms with Crippen LogP contribution < -0.4 is 0 Å². The van der Waals surface area contributed by atoms with Gasteiger partial charge in [0.2, 0.25) is 0 Å². The Kier molecular flexibility index (Phi) is 66.1. The second kappa shape index (κ2) is 68.1. The van der Waals surface area contributed by atoms with Gasteiger partial charge in [-0.3, -0.25) is 14.4 Å². The van der Waals surface area contributed by atoms with E-state index in [1.807, 2.05) is 0 Å². The third kappa shape index (κ3) is 66.3. The summed E-state index contributed by atoms with van der Waals surface area (Å²) >= 11 is 0. The lowest BCUT2D eigenvalue weighted by Gasteiger charge is -2.18. The number of hydrogen-bond donors (Lipinski definition) is 0. The fourth-order valence-electron chi connectivity index (χ4n) is 10.9. The van der Waals surface area contributed by atoms with Gasteiger partial charge in [0.25, 0.3) is 0 Å². The molecule has 0 radical (unpaired) electrons. The van der Waals surface area contributed by atoms with Crippen molar-refractivity contribution in [2.75, 3.05) is 13.2 Å². The summed E-state index contributed by atoms with van der Waals surface area (Å²) in [7, 11) is 0. The molecule has 0 bridgehead atoms. The van der Waals surface area contributed by atoms with Crippen LogP contribution in [0.15, 0.2) is 36.5 Å². The van der Waals surface area contributed by atoms with Gasteiger partial charge < -0.3 is 14.2 Å². The van der Waals surface area contributed by atoms with E-state index in [4.69, 9.17) is 14.2 Å². The molecule has 0 aliphatic heterocycles. The van der Waals surface area contributed by atoms with Gasteiger partial charge in [0.15, 0.2) is 6.10 Å². The Balaban J connectivity index is 4.21. The number of unbranched alkanes of at least 4 members (excludes halogenated alkanes) is 49. The first kappa shape index (κ1) is 76.6. The van der Waals surface area contributed by atoms with Crippen LogP contribution >= 0.6 is 0 Å². The SMILES string of the molecule is CC/C=C\C/C=C\C/C=C\CCCCCCCC(=O)OCC(COC(=O)CCCCCCCCCCCCCCCCCCCCCCCCCCCCCC)OC(=O)CCCCCCCCCCCCCCCCCCCC. The van der Waals surface area contributed by atoms with Crippen molar-refractivity contribution in [1.82, 2.24) is 0 Å². The van der Waals surface area contributed by atoms with Crippen LogP contribution in [0, 0.1) is 0 Å². The standard InChI is InChI=1S/C73H136O6/c1-4-7-10-13-16-19-22-25-28-30-32-33-34-35-36-37-38-39-40-41-43-45-48-51-54-57-60-63-66-72(75)78-69-70(68-77-71(74)65-62-59-56-53-50-47-44-27-24-21-18-15-12-9-6-3)79-73(76)67-64-61-58-55-52-49-46-42-31-29-26-23-20-17-14-11-8-5-2/h9,12,18,21,27,44,70H,4-8,10-11,13-17,19-20,22-26,28-43,45-69H2,1-3H3/b12-9-,21-18-,44-27-. The third-order valence-corrected chi connectivity index (χ3v) is 16.2. The van der Waals surface area contributed by atoms with Crippen LogP contribution in [0.2, 0.25) is 0 Å². The normalized spacial score (nSPS) is 12.2. The molecule has 0 rings (SSSR count). The van der Waals surface area contributed by atoms with E-state index in [-0.39, 0.29) is 31.1 Å². The number of ether oxygens (including phenoxy) is 3. The molecule has 464 valence electrons. The molecule has 0 saturated carbocycles. The molecule has 0 aromatic heterocycles. The number of carbonyl (C=O) groups is 3. The summed E-state index contributed by atoms with van der Waals surface area (Å²) in [6, 6.07) is 0.